The minimum Gasteiger partial charge on any atom is -0.379 e. The second kappa shape index (κ2) is 9.20. The lowest BCUT2D eigenvalue weighted by molar-refractivity contribution is -0.183. The molecule has 12 heteroatoms. The number of hydrogen-bond donors (Lipinski definition) is 1. The second-order valence-corrected chi connectivity index (χ2v) is 10.1. The van der Waals surface area contributed by atoms with Crippen LogP contribution in [0.4, 0.5) is 13.2 Å². The highest BCUT2D eigenvalue weighted by molar-refractivity contribution is 7.89. The highest BCUT2D eigenvalue weighted by Crippen LogP contribution is 2.38. The van der Waals surface area contributed by atoms with Crippen LogP contribution < -0.4 is 5.32 Å². The molecule has 0 aromatic heterocycles. The monoisotopic (exact) mass is 488 g/mol. The first-order valence-electron chi connectivity index (χ1n) is 9.44. The van der Waals surface area contributed by atoms with Crippen LogP contribution in [0.2, 0.25) is 10.0 Å². The van der Waals surface area contributed by atoms with Gasteiger partial charge in [-0.25, -0.2) is 8.42 Å². The molecule has 1 aromatic carbocycles. The van der Waals surface area contributed by atoms with Crippen molar-refractivity contribution in [2.24, 2.45) is 5.92 Å². The standard InChI is InChI=1S/C18H21Cl2F3N2O4S/c19-14-10-15(20)16(30(27,28)25-4-6-29-7-5-25)9-13(14)17(26)24-12-3-1-2-11(8-12)18(21,22)23/h9-12H,1-8H2,(H,24,26)/t11-,12-/m1/s1. The largest absolute Gasteiger partial charge is 0.391 e. The van der Waals surface area contributed by atoms with Gasteiger partial charge in [-0.1, -0.05) is 29.6 Å². The second-order valence-electron chi connectivity index (χ2n) is 7.35. The molecule has 1 aliphatic heterocycles. The van der Waals surface area contributed by atoms with Crippen molar-refractivity contribution in [3.05, 3.63) is 27.7 Å². The molecule has 6 nitrogen and oxygen atoms in total. The highest BCUT2D eigenvalue weighted by atomic mass is 35.5. The maximum Gasteiger partial charge on any atom is 0.391 e. The summed E-state index contributed by atoms with van der Waals surface area (Å²) in [6.07, 6.45) is -3.78. The molecule has 168 valence electrons. The van der Waals surface area contributed by atoms with Gasteiger partial charge in [0.15, 0.2) is 0 Å². The Balaban J connectivity index is 1.82. The van der Waals surface area contributed by atoms with Gasteiger partial charge >= 0.3 is 6.18 Å². The highest BCUT2D eigenvalue weighted by Gasteiger charge is 2.42. The number of nitrogens with zero attached hydrogens (tertiary/aromatic N) is 1. The van der Waals surface area contributed by atoms with E-state index in [1.54, 1.807) is 0 Å². The predicted molar refractivity (Wildman–Crippen MR) is 105 cm³/mol. The molecule has 1 saturated heterocycles. The fourth-order valence-corrected chi connectivity index (χ4v) is 5.95. The van der Waals surface area contributed by atoms with Gasteiger partial charge in [-0.15, -0.1) is 0 Å². The summed E-state index contributed by atoms with van der Waals surface area (Å²) >= 11 is 12.2. The molecular formula is C18H21Cl2F3N2O4S. The number of alkyl halides is 3. The van der Waals surface area contributed by atoms with Crippen molar-refractivity contribution >= 4 is 39.1 Å². The van der Waals surface area contributed by atoms with Gasteiger partial charge < -0.3 is 10.1 Å². The van der Waals surface area contributed by atoms with E-state index in [-0.39, 0.29) is 59.6 Å². The lowest BCUT2D eigenvalue weighted by Gasteiger charge is -2.31. The molecule has 2 fully saturated rings. The smallest absolute Gasteiger partial charge is 0.379 e. The minimum atomic E-state index is -4.32. The van der Waals surface area contributed by atoms with Gasteiger partial charge in [0.1, 0.15) is 4.90 Å². The van der Waals surface area contributed by atoms with Gasteiger partial charge in [-0.05, 0) is 31.4 Å². The van der Waals surface area contributed by atoms with E-state index < -0.39 is 34.1 Å². The number of carbonyl (C=O) groups excluding carboxylic acids is 1. The van der Waals surface area contributed by atoms with Crippen molar-refractivity contribution in [3.63, 3.8) is 0 Å². The number of amides is 1. The molecule has 1 saturated carbocycles. The van der Waals surface area contributed by atoms with Crippen LogP contribution in [0.25, 0.3) is 0 Å². The van der Waals surface area contributed by atoms with E-state index in [4.69, 9.17) is 27.9 Å². The summed E-state index contributed by atoms with van der Waals surface area (Å²) in [5.74, 6) is -2.21. The number of halogens is 5. The summed E-state index contributed by atoms with van der Waals surface area (Å²) in [6.45, 7) is 0.757. The van der Waals surface area contributed by atoms with E-state index in [0.717, 1.165) is 12.1 Å². The molecule has 3 rings (SSSR count). The molecular weight excluding hydrogens is 468 g/mol. The van der Waals surface area contributed by atoms with Crippen LogP contribution in [0.5, 0.6) is 0 Å². The van der Waals surface area contributed by atoms with Gasteiger partial charge in [0.05, 0.1) is 34.7 Å². The molecule has 2 aliphatic rings. The van der Waals surface area contributed by atoms with E-state index in [0.29, 0.717) is 12.8 Å². The van der Waals surface area contributed by atoms with Crippen molar-refractivity contribution in [2.75, 3.05) is 26.3 Å². The summed E-state index contributed by atoms with van der Waals surface area (Å²) in [5.41, 5.74) is -0.151. The number of rotatable bonds is 4. The summed E-state index contributed by atoms with van der Waals surface area (Å²) < 4.78 is 71.2. The van der Waals surface area contributed by atoms with E-state index >= 15 is 0 Å². The van der Waals surface area contributed by atoms with Crippen molar-refractivity contribution in [2.45, 2.75) is 42.8 Å². The molecule has 1 N–H and O–H groups in total. The molecule has 30 heavy (non-hydrogen) atoms. The van der Waals surface area contributed by atoms with Gasteiger partial charge in [0.2, 0.25) is 10.0 Å². The molecule has 1 heterocycles. The zero-order chi connectivity index (χ0) is 22.1. The molecule has 1 amide bonds. The quantitative estimate of drug-likeness (QED) is 0.697. The van der Waals surface area contributed by atoms with Crippen LogP contribution in [0.1, 0.15) is 36.0 Å². The SMILES string of the molecule is O=C(N[C@@H]1CCC[C@@H](C(F)(F)F)C1)c1cc(S(=O)(=O)N2CCOCC2)c(Cl)cc1Cl. The van der Waals surface area contributed by atoms with E-state index in [2.05, 4.69) is 5.32 Å². The zero-order valence-electron chi connectivity index (χ0n) is 15.8. The number of hydrogen-bond acceptors (Lipinski definition) is 4. The molecule has 2 atom stereocenters. The van der Waals surface area contributed by atoms with Crippen LogP contribution in [-0.2, 0) is 14.8 Å². The van der Waals surface area contributed by atoms with Gasteiger partial charge in [-0.2, -0.15) is 17.5 Å². The fraction of sp³-hybridized carbons (Fsp3) is 0.611. The summed E-state index contributed by atoms with van der Waals surface area (Å²) in [6, 6.07) is 1.56. The summed E-state index contributed by atoms with van der Waals surface area (Å²) in [7, 11) is -3.99. The van der Waals surface area contributed by atoms with Crippen LogP contribution in [0, 0.1) is 5.92 Å². The molecule has 0 radical (unpaired) electrons. The van der Waals surface area contributed by atoms with Crippen molar-refractivity contribution < 1.29 is 31.1 Å². The topological polar surface area (TPSA) is 75.7 Å². The normalized spacial score (nSPS) is 23.9. The number of nitrogens with one attached hydrogen (secondary N) is 1. The van der Waals surface area contributed by atoms with Crippen LogP contribution in [0.15, 0.2) is 17.0 Å². The Hall–Kier alpha value is -1.07. The van der Waals surface area contributed by atoms with Crippen LogP contribution in [0.3, 0.4) is 0 Å². The van der Waals surface area contributed by atoms with Crippen molar-refractivity contribution in [1.29, 1.82) is 0 Å². The number of morpholine rings is 1. The fourth-order valence-electron chi connectivity index (χ4n) is 3.71. The third-order valence-corrected chi connectivity index (χ3v) is 8.00. The maximum atomic E-state index is 13.0. The first kappa shape index (κ1) is 23.6. The average molecular weight is 489 g/mol. The predicted octanol–water partition coefficient (Wildman–Crippen LogP) is 3.87. The molecule has 0 spiro atoms. The van der Waals surface area contributed by atoms with Gasteiger partial charge in [0, 0.05) is 19.1 Å². The third-order valence-electron chi connectivity index (χ3n) is 5.33. The molecule has 1 aliphatic carbocycles. The Labute approximate surface area is 182 Å². The zero-order valence-corrected chi connectivity index (χ0v) is 18.2. The third kappa shape index (κ3) is 5.21. The number of ether oxygens (including phenoxy) is 1. The van der Waals surface area contributed by atoms with E-state index in [1.165, 1.54) is 4.31 Å². The first-order valence-corrected chi connectivity index (χ1v) is 11.6. The lowest BCUT2D eigenvalue weighted by atomic mass is 9.85. The summed E-state index contributed by atoms with van der Waals surface area (Å²) in [4.78, 5) is 12.4. The Morgan fingerprint density at radius 1 is 1.13 bits per heavy atom. The minimum absolute atomic E-state index is 0.0273. The number of sulfonamides is 1. The maximum absolute atomic E-state index is 13.0. The number of benzene rings is 1. The van der Waals surface area contributed by atoms with Crippen LogP contribution >= 0.6 is 23.2 Å². The molecule has 0 unspecified atom stereocenters. The molecule has 1 aromatic rings. The Kier molecular flexibility index (Phi) is 7.23. The Morgan fingerprint density at radius 2 is 1.80 bits per heavy atom. The average Bonchev–Trinajstić information content (AvgIpc) is 2.68. The van der Waals surface area contributed by atoms with Crippen LogP contribution in [-0.4, -0.2) is 57.2 Å². The number of carbonyl (C=O) groups is 1. The molecule has 0 bridgehead atoms. The lowest BCUT2D eigenvalue weighted by Crippen LogP contribution is -2.42. The van der Waals surface area contributed by atoms with Crippen molar-refractivity contribution in [1.82, 2.24) is 9.62 Å². The van der Waals surface area contributed by atoms with Gasteiger partial charge in [-0.3, -0.25) is 4.79 Å². The Bertz CT molecular complexity index is 905. The van der Waals surface area contributed by atoms with Crippen molar-refractivity contribution in [3.8, 4) is 0 Å². The van der Waals surface area contributed by atoms with E-state index in [1.807, 2.05) is 0 Å². The first-order chi connectivity index (χ1) is 14.0. The van der Waals surface area contributed by atoms with Gasteiger partial charge in [0.25, 0.3) is 5.91 Å². The van der Waals surface area contributed by atoms with E-state index in [9.17, 15) is 26.4 Å². The Morgan fingerprint density at radius 3 is 2.43 bits per heavy atom. The summed E-state index contributed by atoms with van der Waals surface area (Å²) in [5, 5.41) is 2.34.